The Morgan fingerprint density at radius 2 is 1.88 bits per heavy atom. The number of aryl methyl sites for hydroxylation is 1. The van der Waals surface area contributed by atoms with Crippen LogP contribution < -0.4 is 10.7 Å². The molecule has 0 fully saturated rings. The van der Waals surface area contributed by atoms with Crippen molar-refractivity contribution < 1.29 is 19.8 Å². The summed E-state index contributed by atoms with van der Waals surface area (Å²) in [5.41, 5.74) is 3.52. The Balaban J connectivity index is 1.95. The molecule has 0 aliphatic rings. The number of benzene rings is 2. The van der Waals surface area contributed by atoms with Gasteiger partial charge in [-0.25, -0.2) is 5.43 Å². The molecule has 0 atom stereocenters. The molecule has 8 heteroatoms. The number of carbonyl (C=O) groups excluding carboxylic acids is 2. The van der Waals surface area contributed by atoms with E-state index in [1.807, 2.05) is 12.3 Å². The maximum Gasteiger partial charge on any atom is 0.329 e. The van der Waals surface area contributed by atoms with Crippen LogP contribution in [0.1, 0.15) is 11.1 Å². The summed E-state index contributed by atoms with van der Waals surface area (Å²) in [5, 5.41) is 25.1. The van der Waals surface area contributed by atoms with E-state index in [1.54, 1.807) is 12.1 Å². The highest BCUT2D eigenvalue weighted by atomic mass is 35.5. The molecule has 0 radical (unpaired) electrons. The number of rotatable bonds is 3. The molecule has 2 aromatic carbocycles. The van der Waals surface area contributed by atoms with E-state index >= 15 is 0 Å². The van der Waals surface area contributed by atoms with Gasteiger partial charge in [-0.1, -0.05) is 17.7 Å². The van der Waals surface area contributed by atoms with E-state index in [2.05, 4.69) is 10.4 Å². The quantitative estimate of drug-likeness (QED) is 0.387. The number of hydrogen-bond donors (Lipinski definition) is 4. The lowest BCUT2D eigenvalue weighted by Gasteiger charge is -2.05. The van der Waals surface area contributed by atoms with Gasteiger partial charge in [0.1, 0.15) is 11.5 Å². The van der Waals surface area contributed by atoms with E-state index in [4.69, 9.17) is 16.7 Å². The summed E-state index contributed by atoms with van der Waals surface area (Å²) >= 11 is 5.94. The smallest absolute Gasteiger partial charge is 0.329 e. The largest absolute Gasteiger partial charge is 0.508 e. The maximum atomic E-state index is 11.7. The molecule has 0 saturated heterocycles. The van der Waals surface area contributed by atoms with Crippen LogP contribution in [0.3, 0.4) is 0 Å². The molecule has 2 aromatic rings. The monoisotopic (exact) mass is 347 g/mol. The number of carbonyl (C=O) groups is 2. The van der Waals surface area contributed by atoms with E-state index in [0.29, 0.717) is 10.7 Å². The van der Waals surface area contributed by atoms with Crippen molar-refractivity contribution in [3.63, 3.8) is 0 Å². The average Bonchev–Trinajstić information content (AvgIpc) is 2.53. The molecule has 7 nitrogen and oxygen atoms in total. The molecule has 0 spiro atoms. The number of hydrogen-bond acceptors (Lipinski definition) is 5. The highest BCUT2D eigenvalue weighted by molar-refractivity contribution is 6.39. The number of phenols is 2. The van der Waals surface area contributed by atoms with Crippen molar-refractivity contribution in [2.45, 2.75) is 6.92 Å². The van der Waals surface area contributed by atoms with Gasteiger partial charge in [-0.3, -0.25) is 9.59 Å². The summed E-state index contributed by atoms with van der Waals surface area (Å²) < 4.78 is 0. The number of hydrazone groups is 1. The highest BCUT2D eigenvalue weighted by Gasteiger charge is 2.13. The lowest BCUT2D eigenvalue weighted by Crippen LogP contribution is -2.32. The second kappa shape index (κ2) is 7.47. The molecule has 2 rings (SSSR count). The molecule has 0 aliphatic carbocycles. The first-order valence-electron chi connectivity index (χ1n) is 6.79. The molecule has 2 amide bonds. The first kappa shape index (κ1) is 17.3. The zero-order valence-electron chi connectivity index (χ0n) is 12.6. The fourth-order valence-electron chi connectivity index (χ4n) is 1.71. The second-order valence-corrected chi connectivity index (χ2v) is 5.27. The summed E-state index contributed by atoms with van der Waals surface area (Å²) in [6.45, 7) is 1.81. The number of nitrogens with one attached hydrogen (secondary N) is 2. The minimum atomic E-state index is -0.985. The first-order valence-corrected chi connectivity index (χ1v) is 7.17. The van der Waals surface area contributed by atoms with E-state index in [-0.39, 0.29) is 17.1 Å². The third-order valence-corrected chi connectivity index (χ3v) is 3.43. The van der Waals surface area contributed by atoms with Gasteiger partial charge in [-0.05, 0) is 36.8 Å². The summed E-state index contributed by atoms with van der Waals surface area (Å²) in [4.78, 5) is 23.4. The molecule has 0 aromatic heterocycles. The van der Waals surface area contributed by atoms with Gasteiger partial charge in [0.05, 0.1) is 6.21 Å². The van der Waals surface area contributed by atoms with Crippen LogP contribution in [0.2, 0.25) is 5.02 Å². The lowest BCUT2D eigenvalue weighted by molar-refractivity contribution is -0.136. The highest BCUT2D eigenvalue weighted by Crippen LogP contribution is 2.21. The van der Waals surface area contributed by atoms with Crippen molar-refractivity contribution in [3.05, 3.63) is 52.5 Å². The zero-order valence-corrected chi connectivity index (χ0v) is 13.3. The van der Waals surface area contributed by atoms with Crippen molar-refractivity contribution in [2.24, 2.45) is 5.10 Å². The van der Waals surface area contributed by atoms with Crippen molar-refractivity contribution >= 4 is 35.3 Å². The van der Waals surface area contributed by atoms with Crippen molar-refractivity contribution in [2.75, 3.05) is 5.32 Å². The van der Waals surface area contributed by atoms with Gasteiger partial charge in [0.15, 0.2) is 0 Å². The second-order valence-electron chi connectivity index (χ2n) is 4.86. The van der Waals surface area contributed by atoms with Crippen LogP contribution in [0.5, 0.6) is 11.5 Å². The molecule has 0 unspecified atom stereocenters. The summed E-state index contributed by atoms with van der Waals surface area (Å²) in [7, 11) is 0. The number of phenolic OH excluding ortho intramolecular Hbond substituents is 2. The molecule has 4 N–H and O–H groups in total. The minimum absolute atomic E-state index is 0.107. The first-order chi connectivity index (χ1) is 11.4. The van der Waals surface area contributed by atoms with Crippen molar-refractivity contribution in [3.8, 4) is 11.5 Å². The fourth-order valence-corrected chi connectivity index (χ4v) is 1.89. The number of halogens is 1. The third-order valence-electron chi connectivity index (χ3n) is 3.02. The predicted molar refractivity (Wildman–Crippen MR) is 90.3 cm³/mol. The Labute approximate surface area is 142 Å². The van der Waals surface area contributed by atoms with Crippen LogP contribution in [-0.4, -0.2) is 28.2 Å². The Morgan fingerprint density at radius 1 is 1.12 bits per heavy atom. The Morgan fingerprint density at radius 3 is 2.54 bits per heavy atom. The number of amides is 2. The SMILES string of the molecule is Cc1ccc(NC(=O)C(=O)N/N=C/c2ccc(O)cc2O)cc1Cl. The van der Waals surface area contributed by atoms with E-state index < -0.39 is 11.8 Å². The van der Waals surface area contributed by atoms with Crippen LogP contribution >= 0.6 is 11.6 Å². The number of nitrogens with zero attached hydrogens (tertiary/aromatic N) is 1. The zero-order chi connectivity index (χ0) is 17.7. The molecular weight excluding hydrogens is 334 g/mol. The number of aromatic hydroxyl groups is 2. The molecule has 0 aliphatic heterocycles. The predicted octanol–water partition coefficient (Wildman–Crippen LogP) is 2.15. The van der Waals surface area contributed by atoms with Gasteiger partial charge in [0.2, 0.25) is 0 Å². The van der Waals surface area contributed by atoms with Crippen LogP contribution in [0.15, 0.2) is 41.5 Å². The fraction of sp³-hybridized carbons (Fsp3) is 0.0625. The van der Waals surface area contributed by atoms with Crippen LogP contribution in [0, 0.1) is 6.92 Å². The van der Waals surface area contributed by atoms with Gasteiger partial charge in [0.25, 0.3) is 0 Å². The van der Waals surface area contributed by atoms with Gasteiger partial charge in [0, 0.05) is 22.3 Å². The molecular formula is C16H14ClN3O4. The Hall–Kier alpha value is -3.06. The van der Waals surface area contributed by atoms with Gasteiger partial charge in [-0.15, -0.1) is 0 Å². The van der Waals surface area contributed by atoms with Crippen LogP contribution in [0.25, 0.3) is 0 Å². The minimum Gasteiger partial charge on any atom is -0.508 e. The van der Waals surface area contributed by atoms with Gasteiger partial charge in [-0.2, -0.15) is 5.10 Å². The topological polar surface area (TPSA) is 111 Å². The average molecular weight is 348 g/mol. The summed E-state index contributed by atoms with van der Waals surface area (Å²) in [6, 6.07) is 8.72. The van der Waals surface area contributed by atoms with Crippen molar-refractivity contribution in [1.29, 1.82) is 0 Å². The molecule has 0 bridgehead atoms. The third kappa shape index (κ3) is 4.47. The van der Waals surface area contributed by atoms with E-state index in [1.165, 1.54) is 18.2 Å². The van der Waals surface area contributed by atoms with Gasteiger partial charge < -0.3 is 15.5 Å². The van der Waals surface area contributed by atoms with Crippen molar-refractivity contribution in [1.82, 2.24) is 5.43 Å². The Kier molecular flexibility index (Phi) is 5.39. The summed E-state index contributed by atoms with van der Waals surface area (Å²) in [5.74, 6) is -2.22. The molecule has 24 heavy (non-hydrogen) atoms. The van der Waals surface area contributed by atoms with Crippen LogP contribution in [-0.2, 0) is 9.59 Å². The summed E-state index contributed by atoms with van der Waals surface area (Å²) in [6.07, 6.45) is 1.14. The van der Waals surface area contributed by atoms with E-state index in [9.17, 15) is 14.7 Å². The maximum absolute atomic E-state index is 11.7. The molecule has 124 valence electrons. The van der Waals surface area contributed by atoms with Gasteiger partial charge >= 0.3 is 11.8 Å². The number of anilines is 1. The molecule has 0 saturated carbocycles. The van der Waals surface area contributed by atoms with Crippen LogP contribution in [0.4, 0.5) is 5.69 Å². The van der Waals surface area contributed by atoms with E-state index in [0.717, 1.165) is 17.8 Å². The molecule has 0 heterocycles. The normalized spacial score (nSPS) is 10.6. The standard InChI is InChI=1S/C16H14ClN3O4/c1-9-2-4-11(6-13(9)17)19-15(23)16(24)20-18-8-10-3-5-12(21)7-14(10)22/h2-8,21-22H,1H3,(H,19,23)(H,20,24)/b18-8+. The lowest BCUT2D eigenvalue weighted by atomic mass is 10.2. The Bertz CT molecular complexity index is 821.